The molecule has 1 aliphatic carbocycles. The molecule has 2 amide bonds. The number of carbonyl (C=O) groups excluding carboxylic acids is 2. The third kappa shape index (κ3) is 4.05. The lowest BCUT2D eigenvalue weighted by atomic mass is 9.95. The molecule has 0 aromatic carbocycles. The zero-order chi connectivity index (χ0) is 13.7. The summed E-state index contributed by atoms with van der Waals surface area (Å²) in [6.45, 7) is 1.90. The molecule has 1 aliphatic rings. The predicted octanol–water partition coefficient (Wildman–Crippen LogP) is 1.78. The molecule has 1 saturated carbocycles. The highest BCUT2D eigenvalue weighted by Gasteiger charge is 2.20. The van der Waals surface area contributed by atoms with Gasteiger partial charge in [-0.25, -0.2) is 4.98 Å². The van der Waals surface area contributed by atoms with Gasteiger partial charge in [-0.15, -0.1) is 0 Å². The molecule has 2 rings (SSSR count). The van der Waals surface area contributed by atoms with Crippen molar-refractivity contribution in [2.45, 2.75) is 45.1 Å². The van der Waals surface area contributed by atoms with Crippen LogP contribution in [-0.4, -0.2) is 22.8 Å². The van der Waals surface area contributed by atoms with Crippen molar-refractivity contribution < 1.29 is 9.59 Å². The van der Waals surface area contributed by atoms with E-state index in [0.717, 1.165) is 31.2 Å². The highest BCUT2D eigenvalue weighted by molar-refractivity contribution is 6.39. The number of nitrogens with zero attached hydrogens (tertiary/aromatic N) is 1. The molecule has 5 nitrogen and oxygen atoms in total. The van der Waals surface area contributed by atoms with E-state index in [1.807, 2.05) is 13.0 Å². The van der Waals surface area contributed by atoms with Crippen molar-refractivity contribution >= 4 is 17.6 Å². The number of nitrogens with one attached hydrogen (secondary N) is 2. The van der Waals surface area contributed by atoms with Gasteiger partial charge in [0.2, 0.25) is 0 Å². The van der Waals surface area contributed by atoms with Crippen LogP contribution < -0.4 is 10.6 Å². The Bertz CT molecular complexity index is 468. The maximum Gasteiger partial charge on any atom is 0.314 e. The SMILES string of the molecule is Cc1ccnc(NC(=O)C(=O)NC2CCCCC2)c1. The second-order valence-corrected chi connectivity index (χ2v) is 4.98. The topological polar surface area (TPSA) is 71.1 Å². The molecule has 1 heterocycles. The van der Waals surface area contributed by atoms with E-state index in [9.17, 15) is 9.59 Å². The molecule has 0 atom stereocenters. The molecule has 0 saturated heterocycles. The van der Waals surface area contributed by atoms with Crippen molar-refractivity contribution in [3.8, 4) is 0 Å². The minimum absolute atomic E-state index is 0.137. The summed E-state index contributed by atoms with van der Waals surface area (Å²) < 4.78 is 0. The first-order valence-electron chi connectivity index (χ1n) is 6.69. The van der Waals surface area contributed by atoms with Gasteiger partial charge >= 0.3 is 11.8 Å². The number of rotatable bonds is 2. The summed E-state index contributed by atoms with van der Waals surface area (Å²) in [7, 11) is 0. The van der Waals surface area contributed by atoms with Crippen LogP contribution in [0.25, 0.3) is 0 Å². The normalized spacial score (nSPS) is 15.8. The van der Waals surface area contributed by atoms with E-state index >= 15 is 0 Å². The Kier molecular flexibility index (Phi) is 4.49. The first kappa shape index (κ1) is 13.5. The first-order valence-corrected chi connectivity index (χ1v) is 6.69. The van der Waals surface area contributed by atoms with Gasteiger partial charge in [0.15, 0.2) is 0 Å². The Morgan fingerprint density at radius 2 is 1.95 bits per heavy atom. The second-order valence-electron chi connectivity index (χ2n) is 4.98. The Hall–Kier alpha value is -1.91. The van der Waals surface area contributed by atoms with Gasteiger partial charge in [-0.1, -0.05) is 19.3 Å². The van der Waals surface area contributed by atoms with E-state index in [4.69, 9.17) is 0 Å². The number of aromatic nitrogens is 1. The van der Waals surface area contributed by atoms with Gasteiger partial charge in [0.25, 0.3) is 0 Å². The molecule has 1 aromatic rings. The molecule has 5 heteroatoms. The number of anilines is 1. The van der Waals surface area contributed by atoms with Crippen LogP contribution in [0.1, 0.15) is 37.7 Å². The summed E-state index contributed by atoms with van der Waals surface area (Å²) in [5.74, 6) is -0.817. The Morgan fingerprint density at radius 1 is 1.21 bits per heavy atom. The highest BCUT2D eigenvalue weighted by Crippen LogP contribution is 2.17. The molecule has 0 spiro atoms. The van der Waals surface area contributed by atoms with Gasteiger partial charge < -0.3 is 10.6 Å². The fourth-order valence-corrected chi connectivity index (χ4v) is 2.28. The average Bonchev–Trinajstić information content (AvgIpc) is 2.40. The fraction of sp³-hybridized carbons (Fsp3) is 0.500. The molecule has 1 fully saturated rings. The zero-order valence-electron chi connectivity index (χ0n) is 11.1. The van der Waals surface area contributed by atoms with Crippen molar-refractivity contribution in [1.82, 2.24) is 10.3 Å². The lowest BCUT2D eigenvalue weighted by molar-refractivity contribution is -0.136. The van der Waals surface area contributed by atoms with E-state index in [0.29, 0.717) is 5.82 Å². The van der Waals surface area contributed by atoms with Crippen LogP contribution in [0.2, 0.25) is 0 Å². The van der Waals surface area contributed by atoms with E-state index in [1.54, 1.807) is 12.3 Å². The van der Waals surface area contributed by atoms with E-state index < -0.39 is 11.8 Å². The fourth-order valence-electron chi connectivity index (χ4n) is 2.28. The average molecular weight is 261 g/mol. The van der Waals surface area contributed by atoms with Crippen molar-refractivity contribution in [2.24, 2.45) is 0 Å². The number of hydrogen-bond donors (Lipinski definition) is 2. The van der Waals surface area contributed by atoms with Crippen LogP contribution in [0, 0.1) is 6.92 Å². The number of amides is 2. The molecule has 0 aliphatic heterocycles. The van der Waals surface area contributed by atoms with Crippen molar-refractivity contribution in [2.75, 3.05) is 5.32 Å². The van der Waals surface area contributed by atoms with Crippen molar-refractivity contribution in [1.29, 1.82) is 0 Å². The predicted molar refractivity (Wildman–Crippen MR) is 72.6 cm³/mol. The van der Waals surface area contributed by atoms with Crippen molar-refractivity contribution in [3.05, 3.63) is 23.9 Å². The molecule has 0 radical (unpaired) electrons. The molecular formula is C14H19N3O2. The summed E-state index contributed by atoms with van der Waals surface area (Å²) >= 11 is 0. The Morgan fingerprint density at radius 3 is 2.63 bits per heavy atom. The van der Waals surface area contributed by atoms with Gasteiger partial charge in [-0.05, 0) is 37.5 Å². The largest absolute Gasteiger partial charge is 0.345 e. The number of hydrogen-bond acceptors (Lipinski definition) is 3. The van der Waals surface area contributed by atoms with Crippen LogP contribution >= 0.6 is 0 Å². The molecular weight excluding hydrogens is 242 g/mol. The molecule has 102 valence electrons. The maximum atomic E-state index is 11.7. The molecule has 1 aromatic heterocycles. The van der Waals surface area contributed by atoms with Crippen LogP contribution in [0.5, 0.6) is 0 Å². The minimum Gasteiger partial charge on any atom is -0.345 e. The molecule has 2 N–H and O–H groups in total. The smallest absolute Gasteiger partial charge is 0.314 e. The van der Waals surface area contributed by atoms with E-state index in [2.05, 4.69) is 15.6 Å². The van der Waals surface area contributed by atoms with Crippen LogP contribution in [0.15, 0.2) is 18.3 Å². The molecule has 0 bridgehead atoms. The third-order valence-electron chi connectivity index (χ3n) is 3.30. The Labute approximate surface area is 112 Å². The van der Waals surface area contributed by atoms with Gasteiger partial charge in [0.1, 0.15) is 5.82 Å². The quantitative estimate of drug-likeness (QED) is 0.797. The summed E-state index contributed by atoms with van der Waals surface area (Å²) in [5.41, 5.74) is 0.984. The van der Waals surface area contributed by atoms with Crippen LogP contribution in [0.3, 0.4) is 0 Å². The highest BCUT2D eigenvalue weighted by atomic mass is 16.2. The first-order chi connectivity index (χ1) is 9.15. The van der Waals surface area contributed by atoms with Gasteiger partial charge in [-0.3, -0.25) is 9.59 Å². The minimum atomic E-state index is -0.649. The monoisotopic (exact) mass is 261 g/mol. The maximum absolute atomic E-state index is 11.7. The van der Waals surface area contributed by atoms with E-state index in [1.165, 1.54) is 6.42 Å². The summed E-state index contributed by atoms with van der Waals surface area (Å²) in [6.07, 6.45) is 6.97. The van der Waals surface area contributed by atoms with Gasteiger partial charge in [0, 0.05) is 12.2 Å². The van der Waals surface area contributed by atoms with E-state index in [-0.39, 0.29) is 6.04 Å². The third-order valence-corrected chi connectivity index (χ3v) is 3.30. The number of aryl methyl sites for hydroxylation is 1. The van der Waals surface area contributed by atoms with Crippen LogP contribution in [0.4, 0.5) is 5.82 Å². The lowest BCUT2D eigenvalue weighted by Crippen LogP contribution is -2.42. The Balaban J connectivity index is 1.86. The number of carbonyl (C=O) groups is 2. The zero-order valence-corrected chi connectivity index (χ0v) is 11.1. The lowest BCUT2D eigenvalue weighted by Gasteiger charge is -2.22. The second kappa shape index (κ2) is 6.31. The summed E-state index contributed by atoms with van der Waals surface area (Å²) in [6, 6.07) is 3.70. The molecule has 0 unspecified atom stereocenters. The standard InChI is InChI=1S/C14H19N3O2/c1-10-7-8-15-12(9-10)17-14(19)13(18)16-11-5-3-2-4-6-11/h7-9,11H,2-6H2,1H3,(H,16,18)(H,15,17,19). The number of pyridine rings is 1. The summed E-state index contributed by atoms with van der Waals surface area (Å²) in [4.78, 5) is 27.5. The summed E-state index contributed by atoms with van der Waals surface area (Å²) in [5, 5.41) is 5.28. The van der Waals surface area contributed by atoms with Crippen LogP contribution in [-0.2, 0) is 9.59 Å². The molecule has 19 heavy (non-hydrogen) atoms. The van der Waals surface area contributed by atoms with Gasteiger partial charge in [-0.2, -0.15) is 0 Å². The van der Waals surface area contributed by atoms with Crippen molar-refractivity contribution in [3.63, 3.8) is 0 Å². The van der Waals surface area contributed by atoms with Gasteiger partial charge in [0.05, 0.1) is 0 Å².